The van der Waals surface area contributed by atoms with E-state index in [0.29, 0.717) is 11.7 Å². The maximum absolute atomic E-state index is 5.91. The lowest BCUT2D eigenvalue weighted by Crippen LogP contribution is -2.18. The van der Waals surface area contributed by atoms with E-state index in [-0.39, 0.29) is 5.41 Å². The third kappa shape index (κ3) is 2.73. The summed E-state index contributed by atoms with van der Waals surface area (Å²) in [6, 6.07) is 0. The Morgan fingerprint density at radius 2 is 1.88 bits per heavy atom. The lowest BCUT2D eigenvalue weighted by atomic mass is 9.91. The summed E-state index contributed by atoms with van der Waals surface area (Å²) in [6.07, 6.45) is 1.02. The molecule has 0 aliphatic heterocycles. The third-order valence-corrected chi connectivity index (χ3v) is 3.44. The quantitative estimate of drug-likeness (QED) is 0.903. The van der Waals surface area contributed by atoms with Gasteiger partial charge in [0.25, 0.3) is 0 Å². The van der Waals surface area contributed by atoms with Crippen LogP contribution in [0.1, 0.15) is 58.5 Å². The van der Waals surface area contributed by atoms with E-state index in [4.69, 9.17) is 5.73 Å². The first kappa shape index (κ1) is 13.4. The molecule has 0 aromatic carbocycles. The van der Waals surface area contributed by atoms with E-state index in [9.17, 15) is 0 Å². The molecule has 1 aromatic rings. The topological polar surface area (TPSA) is 51.8 Å². The highest BCUT2D eigenvalue weighted by Crippen LogP contribution is 2.32. The summed E-state index contributed by atoms with van der Waals surface area (Å²) in [5, 5.41) is 0. The molecule has 1 rings (SSSR count). The molecular formula is C12H20BrN3. The van der Waals surface area contributed by atoms with Gasteiger partial charge >= 0.3 is 0 Å². The second-order valence-electron chi connectivity index (χ2n) is 5.19. The Bertz CT molecular complexity index is 383. The summed E-state index contributed by atoms with van der Waals surface area (Å²) in [6.45, 7) is 10.6. The van der Waals surface area contributed by atoms with E-state index >= 15 is 0 Å². The summed E-state index contributed by atoms with van der Waals surface area (Å²) in [7, 11) is 0. The smallest absolute Gasteiger partial charge is 0.141 e. The van der Waals surface area contributed by atoms with E-state index in [1.165, 1.54) is 0 Å². The van der Waals surface area contributed by atoms with Crippen molar-refractivity contribution in [1.82, 2.24) is 9.97 Å². The van der Waals surface area contributed by atoms with E-state index < -0.39 is 0 Å². The van der Waals surface area contributed by atoms with Crippen molar-refractivity contribution >= 4 is 21.7 Å². The zero-order valence-corrected chi connectivity index (χ0v) is 12.2. The first-order valence-electron chi connectivity index (χ1n) is 5.60. The Balaban J connectivity index is 3.33. The highest BCUT2D eigenvalue weighted by molar-refractivity contribution is 9.10. The van der Waals surface area contributed by atoms with Crippen molar-refractivity contribution in [2.45, 2.75) is 52.4 Å². The fraction of sp³-hybridized carbons (Fsp3) is 0.667. The van der Waals surface area contributed by atoms with Crippen LogP contribution >= 0.6 is 15.9 Å². The van der Waals surface area contributed by atoms with Crippen molar-refractivity contribution in [2.75, 3.05) is 5.73 Å². The number of rotatable bonds is 2. The molecule has 0 amide bonds. The fourth-order valence-corrected chi connectivity index (χ4v) is 2.15. The van der Waals surface area contributed by atoms with E-state index in [1.54, 1.807) is 0 Å². The third-order valence-electron chi connectivity index (χ3n) is 2.66. The van der Waals surface area contributed by atoms with Crippen molar-refractivity contribution in [2.24, 2.45) is 0 Å². The lowest BCUT2D eigenvalue weighted by molar-refractivity contribution is 0.550. The number of hydrogen-bond acceptors (Lipinski definition) is 3. The van der Waals surface area contributed by atoms with Crippen molar-refractivity contribution in [1.29, 1.82) is 0 Å². The van der Waals surface area contributed by atoms with Gasteiger partial charge in [0.05, 0.1) is 10.2 Å². The van der Waals surface area contributed by atoms with Gasteiger partial charge in [-0.1, -0.05) is 34.6 Å². The minimum atomic E-state index is -0.0297. The molecular weight excluding hydrogens is 266 g/mol. The minimum absolute atomic E-state index is 0.0297. The van der Waals surface area contributed by atoms with Gasteiger partial charge in [0.15, 0.2) is 0 Å². The minimum Gasteiger partial charge on any atom is -0.383 e. The van der Waals surface area contributed by atoms with E-state index in [0.717, 1.165) is 22.4 Å². The summed E-state index contributed by atoms with van der Waals surface area (Å²) >= 11 is 3.47. The van der Waals surface area contributed by atoms with Crippen LogP contribution < -0.4 is 5.73 Å². The molecule has 1 aromatic heterocycles. The molecule has 2 N–H and O–H groups in total. The molecule has 3 nitrogen and oxygen atoms in total. The number of halogens is 1. The number of anilines is 1. The molecule has 16 heavy (non-hydrogen) atoms. The van der Waals surface area contributed by atoms with E-state index in [1.807, 2.05) is 0 Å². The van der Waals surface area contributed by atoms with Gasteiger partial charge in [-0.05, 0) is 22.4 Å². The van der Waals surface area contributed by atoms with Gasteiger partial charge in [0, 0.05) is 11.3 Å². The maximum atomic E-state index is 5.91. The molecule has 0 radical (unpaired) electrons. The molecule has 0 fully saturated rings. The number of nitrogens with two attached hydrogens (primary N) is 1. The van der Waals surface area contributed by atoms with Gasteiger partial charge in [0.2, 0.25) is 0 Å². The van der Waals surface area contributed by atoms with Gasteiger partial charge in [-0.2, -0.15) is 0 Å². The Labute approximate surface area is 106 Å². The second-order valence-corrected chi connectivity index (χ2v) is 5.98. The molecule has 0 saturated heterocycles. The fourth-order valence-electron chi connectivity index (χ4n) is 1.38. The average Bonchev–Trinajstić information content (AvgIpc) is 2.18. The van der Waals surface area contributed by atoms with Crippen LogP contribution in [0.4, 0.5) is 5.82 Å². The Hall–Kier alpha value is -0.640. The predicted octanol–water partition coefficient (Wildman–Crippen LogP) is 3.63. The standard InChI is InChI=1S/C12H20BrN3/c1-6-7(2)11-15-9(12(3,4)5)8(13)10(14)16-11/h7H,6H2,1-5H3,(H2,14,15,16). The van der Waals surface area contributed by atoms with Gasteiger partial charge in [-0.15, -0.1) is 0 Å². The molecule has 4 heteroatoms. The Kier molecular flexibility index (Phi) is 3.94. The summed E-state index contributed by atoms with van der Waals surface area (Å²) in [5.74, 6) is 1.72. The van der Waals surface area contributed by atoms with Crippen LogP contribution in [0, 0.1) is 0 Å². The predicted molar refractivity (Wildman–Crippen MR) is 71.6 cm³/mol. The van der Waals surface area contributed by atoms with Crippen molar-refractivity contribution in [3.63, 3.8) is 0 Å². The molecule has 0 aliphatic carbocycles. The highest BCUT2D eigenvalue weighted by atomic mass is 79.9. The lowest BCUT2D eigenvalue weighted by Gasteiger charge is -2.22. The molecule has 0 saturated carbocycles. The van der Waals surface area contributed by atoms with Gasteiger partial charge in [-0.3, -0.25) is 0 Å². The van der Waals surface area contributed by atoms with Crippen molar-refractivity contribution < 1.29 is 0 Å². The number of nitrogen functional groups attached to an aromatic ring is 1. The number of hydrogen-bond donors (Lipinski definition) is 1. The van der Waals surface area contributed by atoms with Gasteiger partial charge in [-0.25, -0.2) is 9.97 Å². The van der Waals surface area contributed by atoms with Crippen LogP contribution in [0.25, 0.3) is 0 Å². The first-order chi connectivity index (χ1) is 7.27. The normalized spacial score (nSPS) is 13.9. The second kappa shape index (κ2) is 4.70. The molecule has 1 unspecified atom stereocenters. The van der Waals surface area contributed by atoms with E-state index in [2.05, 4.69) is 60.5 Å². The van der Waals surface area contributed by atoms with Gasteiger partial charge < -0.3 is 5.73 Å². The van der Waals surface area contributed by atoms with Crippen LogP contribution in [0.2, 0.25) is 0 Å². The zero-order valence-electron chi connectivity index (χ0n) is 10.6. The van der Waals surface area contributed by atoms with Crippen LogP contribution in [0.5, 0.6) is 0 Å². The molecule has 0 aliphatic rings. The van der Waals surface area contributed by atoms with Crippen LogP contribution in [0.3, 0.4) is 0 Å². The average molecular weight is 286 g/mol. The summed E-state index contributed by atoms with van der Waals surface area (Å²) < 4.78 is 0.826. The summed E-state index contributed by atoms with van der Waals surface area (Å²) in [5.41, 5.74) is 6.86. The monoisotopic (exact) mass is 285 g/mol. The first-order valence-corrected chi connectivity index (χ1v) is 6.40. The van der Waals surface area contributed by atoms with Crippen molar-refractivity contribution in [3.8, 4) is 0 Å². The molecule has 1 atom stereocenters. The van der Waals surface area contributed by atoms with Crippen LogP contribution in [-0.4, -0.2) is 9.97 Å². The highest BCUT2D eigenvalue weighted by Gasteiger charge is 2.23. The van der Waals surface area contributed by atoms with Crippen LogP contribution in [-0.2, 0) is 5.41 Å². The zero-order chi connectivity index (χ0) is 12.5. The molecule has 0 spiro atoms. The Morgan fingerprint density at radius 1 is 1.31 bits per heavy atom. The Morgan fingerprint density at radius 3 is 2.31 bits per heavy atom. The number of nitrogens with zero attached hydrogens (tertiary/aromatic N) is 2. The molecule has 1 heterocycles. The molecule has 0 bridgehead atoms. The SMILES string of the molecule is CCC(C)c1nc(N)c(Br)c(C(C)(C)C)n1. The molecule has 90 valence electrons. The largest absolute Gasteiger partial charge is 0.383 e. The van der Waals surface area contributed by atoms with Gasteiger partial charge in [0.1, 0.15) is 11.6 Å². The number of aromatic nitrogens is 2. The van der Waals surface area contributed by atoms with Crippen molar-refractivity contribution in [3.05, 3.63) is 16.0 Å². The maximum Gasteiger partial charge on any atom is 0.141 e. The summed E-state index contributed by atoms with van der Waals surface area (Å²) in [4.78, 5) is 8.97. The van der Waals surface area contributed by atoms with Crippen LogP contribution in [0.15, 0.2) is 4.47 Å².